The number of halogens is 1. The standard InChI is InChI=1S/C23H27ClN2O2/c24-21-8-6-20(7-9-21)22(27)26-16-17-28-18-23(26)11-14-25(15-12-23)13-10-19-4-2-1-3-5-19/h1-9H,10-18H2. The Bertz CT molecular complexity index is 786. The molecule has 4 rings (SSSR count). The molecule has 1 spiro atoms. The lowest BCUT2D eigenvalue weighted by Crippen LogP contribution is -2.63. The number of morpholine rings is 1. The highest BCUT2D eigenvalue weighted by Gasteiger charge is 2.44. The van der Waals surface area contributed by atoms with E-state index in [-0.39, 0.29) is 11.4 Å². The van der Waals surface area contributed by atoms with E-state index in [1.165, 1.54) is 5.56 Å². The smallest absolute Gasteiger partial charge is 0.254 e. The number of benzene rings is 2. The van der Waals surface area contributed by atoms with Crippen molar-refractivity contribution in [2.45, 2.75) is 24.8 Å². The van der Waals surface area contributed by atoms with E-state index in [2.05, 4.69) is 40.1 Å². The van der Waals surface area contributed by atoms with Crippen LogP contribution in [0.1, 0.15) is 28.8 Å². The third kappa shape index (κ3) is 4.24. The van der Waals surface area contributed by atoms with Crippen LogP contribution in [0.15, 0.2) is 54.6 Å². The molecule has 2 fully saturated rings. The molecule has 4 nitrogen and oxygen atoms in total. The Kier molecular flexibility index (Phi) is 6.00. The van der Waals surface area contributed by atoms with Gasteiger partial charge in [0.05, 0.1) is 18.8 Å². The fourth-order valence-corrected chi connectivity index (χ4v) is 4.46. The van der Waals surface area contributed by atoms with Gasteiger partial charge in [0.1, 0.15) is 0 Å². The molecule has 2 heterocycles. The highest BCUT2D eigenvalue weighted by atomic mass is 35.5. The van der Waals surface area contributed by atoms with Crippen LogP contribution in [0.4, 0.5) is 0 Å². The van der Waals surface area contributed by atoms with Gasteiger partial charge in [-0.1, -0.05) is 41.9 Å². The average molecular weight is 399 g/mol. The molecule has 0 atom stereocenters. The number of piperidine rings is 1. The number of amides is 1. The predicted molar refractivity (Wildman–Crippen MR) is 112 cm³/mol. The number of hydrogen-bond donors (Lipinski definition) is 0. The highest BCUT2D eigenvalue weighted by molar-refractivity contribution is 6.30. The number of likely N-dealkylation sites (tertiary alicyclic amines) is 1. The van der Waals surface area contributed by atoms with Crippen LogP contribution < -0.4 is 0 Å². The second-order valence-corrected chi connectivity index (χ2v) is 8.25. The van der Waals surface area contributed by atoms with Crippen molar-refractivity contribution in [3.8, 4) is 0 Å². The Hall–Kier alpha value is -1.88. The molecule has 5 heteroatoms. The maximum absolute atomic E-state index is 13.2. The monoisotopic (exact) mass is 398 g/mol. The van der Waals surface area contributed by atoms with E-state index < -0.39 is 0 Å². The number of rotatable bonds is 4. The summed E-state index contributed by atoms with van der Waals surface area (Å²) in [6.07, 6.45) is 2.99. The molecule has 0 bridgehead atoms. The molecule has 2 aliphatic heterocycles. The maximum Gasteiger partial charge on any atom is 0.254 e. The number of nitrogens with zero attached hydrogens (tertiary/aromatic N) is 2. The van der Waals surface area contributed by atoms with Crippen LogP contribution in [-0.4, -0.2) is 60.6 Å². The average Bonchev–Trinajstić information content (AvgIpc) is 2.75. The Morgan fingerprint density at radius 2 is 1.71 bits per heavy atom. The minimum atomic E-state index is -0.182. The van der Waals surface area contributed by atoms with Crippen molar-refractivity contribution in [2.24, 2.45) is 0 Å². The summed E-state index contributed by atoms with van der Waals surface area (Å²) in [5.74, 6) is 0.0951. The van der Waals surface area contributed by atoms with Crippen LogP contribution in [0.3, 0.4) is 0 Å². The van der Waals surface area contributed by atoms with Gasteiger partial charge in [-0.2, -0.15) is 0 Å². The molecule has 28 heavy (non-hydrogen) atoms. The minimum absolute atomic E-state index is 0.0951. The maximum atomic E-state index is 13.2. The first-order valence-electron chi connectivity index (χ1n) is 10.1. The highest BCUT2D eigenvalue weighted by Crippen LogP contribution is 2.33. The van der Waals surface area contributed by atoms with Crippen LogP contribution in [0.5, 0.6) is 0 Å². The molecule has 0 aliphatic carbocycles. The van der Waals surface area contributed by atoms with Crippen molar-refractivity contribution in [3.05, 3.63) is 70.7 Å². The van der Waals surface area contributed by atoms with Gasteiger partial charge in [0.15, 0.2) is 0 Å². The Balaban J connectivity index is 1.40. The molecular formula is C23H27ClN2O2. The van der Waals surface area contributed by atoms with E-state index in [1.807, 2.05) is 12.1 Å². The summed E-state index contributed by atoms with van der Waals surface area (Å²) in [6.45, 7) is 4.97. The van der Waals surface area contributed by atoms with Gasteiger partial charge in [-0.15, -0.1) is 0 Å². The van der Waals surface area contributed by atoms with E-state index in [4.69, 9.17) is 16.3 Å². The number of ether oxygens (including phenoxy) is 1. The molecule has 0 aromatic heterocycles. The van der Waals surface area contributed by atoms with Crippen LogP contribution in [0, 0.1) is 0 Å². The SMILES string of the molecule is O=C(c1ccc(Cl)cc1)N1CCOCC12CCN(CCc1ccccc1)CC2. The molecule has 0 N–H and O–H groups in total. The first-order valence-corrected chi connectivity index (χ1v) is 10.5. The van der Waals surface area contributed by atoms with Gasteiger partial charge in [-0.25, -0.2) is 0 Å². The van der Waals surface area contributed by atoms with Crippen molar-refractivity contribution in [1.29, 1.82) is 0 Å². The van der Waals surface area contributed by atoms with Gasteiger partial charge in [0.2, 0.25) is 0 Å². The van der Waals surface area contributed by atoms with Crippen molar-refractivity contribution in [3.63, 3.8) is 0 Å². The van der Waals surface area contributed by atoms with E-state index in [0.717, 1.165) is 38.9 Å². The summed E-state index contributed by atoms with van der Waals surface area (Å²) in [4.78, 5) is 17.8. The third-order valence-electron chi connectivity index (χ3n) is 6.09. The Morgan fingerprint density at radius 1 is 1.00 bits per heavy atom. The zero-order valence-corrected chi connectivity index (χ0v) is 16.9. The van der Waals surface area contributed by atoms with Gasteiger partial charge in [0, 0.05) is 36.8 Å². The number of carbonyl (C=O) groups excluding carboxylic acids is 1. The van der Waals surface area contributed by atoms with Gasteiger partial charge in [-0.05, 0) is 49.1 Å². The molecule has 2 aliphatic rings. The second-order valence-electron chi connectivity index (χ2n) is 7.82. The van der Waals surface area contributed by atoms with Crippen molar-refractivity contribution < 1.29 is 9.53 Å². The predicted octanol–water partition coefficient (Wildman–Crippen LogP) is 3.89. The lowest BCUT2D eigenvalue weighted by atomic mass is 9.84. The van der Waals surface area contributed by atoms with Gasteiger partial charge >= 0.3 is 0 Å². The summed E-state index contributed by atoms with van der Waals surface area (Å²) < 4.78 is 5.83. The van der Waals surface area contributed by atoms with E-state index in [0.29, 0.717) is 30.3 Å². The van der Waals surface area contributed by atoms with Crippen molar-refractivity contribution >= 4 is 17.5 Å². The molecule has 0 unspecified atom stereocenters. The molecule has 2 aromatic rings. The van der Waals surface area contributed by atoms with Crippen molar-refractivity contribution in [2.75, 3.05) is 39.4 Å². The summed E-state index contributed by atoms with van der Waals surface area (Å²) >= 11 is 5.98. The fraction of sp³-hybridized carbons (Fsp3) is 0.435. The lowest BCUT2D eigenvalue weighted by Gasteiger charge is -2.51. The first-order chi connectivity index (χ1) is 13.7. The zero-order chi connectivity index (χ0) is 19.4. The molecule has 1 amide bonds. The van der Waals surface area contributed by atoms with E-state index in [1.54, 1.807) is 12.1 Å². The van der Waals surface area contributed by atoms with Crippen LogP contribution in [0.2, 0.25) is 5.02 Å². The van der Waals surface area contributed by atoms with Crippen LogP contribution in [-0.2, 0) is 11.2 Å². The second kappa shape index (κ2) is 8.64. The summed E-state index contributed by atoms with van der Waals surface area (Å²) in [7, 11) is 0. The molecule has 148 valence electrons. The summed E-state index contributed by atoms with van der Waals surface area (Å²) in [5.41, 5.74) is 1.90. The fourth-order valence-electron chi connectivity index (χ4n) is 4.34. The Labute approximate surface area is 172 Å². The van der Waals surface area contributed by atoms with E-state index >= 15 is 0 Å². The minimum Gasteiger partial charge on any atom is -0.377 e. The van der Waals surface area contributed by atoms with Crippen LogP contribution >= 0.6 is 11.6 Å². The molecular weight excluding hydrogens is 372 g/mol. The number of carbonyl (C=O) groups is 1. The molecule has 2 aromatic carbocycles. The lowest BCUT2D eigenvalue weighted by molar-refractivity contribution is -0.0775. The van der Waals surface area contributed by atoms with E-state index in [9.17, 15) is 4.79 Å². The molecule has 2 saturated heterocycles. The van der Waals surface area contributed by atoms with Gasteiger partial charge in [0.25, 0.3) is 5.91 Å². The zero-order valence-electron chi connectivity index (χ0n) is 16.1. The third-order valence-corrected chi connectivity index (χ3v) is 6.34. The largest absolute Gasteiger partial charge is 0.377 e. The van der Waals surface area contributed by atoms with Gasteiger partial charge < -0.3 is 14.5 Å². The molecule has 0 saturated carbocycles. The van der Waals surface area contributed by atoms with Crippen LogP contribution in [0.25, 0.3) is 0 Å². The number of hydrogen-bond acceptors (Lipinski definition) is 3. The summed E-state index contributed by atoms with van der Waals surface area (Å²) in [6, 6.07) is 17.8. The topological polar surface area (TPSA) is 32.8 Å². The van der Waals surface area contributed by atoms with Gasteiger partial charge in [-0.3, -0.25) is 4.79 Å². The quantitative estimate of drug-likeness (QED) is 0.783. The summed E-state index contributed by atoms with van der Waals surface area (Å²) in [5, 5.41) is 0.653. The first kappa shape index (κ1) is 19.4. The normalized spacial score (nSPS) is 19.7. The molecule has 0 radical (unpaired) electrons. The van der Waals surface area contributed by atoms with Crippen molar-refractivity contribution in [1.82, 2.24) is 9.80 Å². The Morgan fingerprint density at radius 3 is 2.43 bits per heavy atom.